The van der Waals surface area contributed by atoms with Crippen molar-refractivity contribution in [1.82, 2.24) is 10.6 Å². The standard InChI is InChI=1S/C13H15Cl2N3O2/c14-9-2-1-3-10(12(9)15)18-13(20)17-8-4-5-11(19)16-7-6-8/h1-3,8H,4-7H2,(H,16,19)(H2,17,18,20). The van der Waals surface area contributed by atoms with E-state index in [0.717, 1.165) is 0 Å². The van der Waals surface area contributed by atoms with Crippen LogP contribution in [0.1, 0.15) is 19.3 Å². The van der Waals surface area contributed by atoms with Gasteiger partial charge in [-0.3, -0.25) is 4.79 Å². The van der Waals surface area contributed by atoms with E-state index in [2.05, 4.69) is 16.0 Å². The summed E-state index contributed by atoms with van der Waals surface area (Å²) >= 11 is 11.9. The van der Waals surface area contributed by atoms with Gasteiger partial charge in [-0.15, -0.1) is 0 Å². The zero-order valence-electron chi connectivity index (χ0n) is 10.7. The van der Waals surface area contributed by atoms with Crippen molar-refractivity contribution in [2.75, 3.05) is 11.9 Å². The first-order chi connectivity index (χ1) is 9.56. The van der Waals surface area contributed by atoms with Crippen LogP contribution in [0, 0.1) is 0 Å². The molecule has 3 amide bonds. The minimum atomic E-state index is -0.353. The quantitative estimate of drug-likeness (QED) is 0.785. The number of halogens is 2. The van der Waals surface area contributed by atoms with Gasteiger partial charge in [0.1, 0.15) is 0 Å². The summed E-state index contributed by atoms with van der Waals surface area (Å²) in [6.45, 7) is 0.571. The molecule has 1 saturated heterocycles. The van der Waals surface area contributed by atoms with Crippen LogP contribution in [-0.4, -0.2) is 24.5 Å². The predicted molar refractivity (Wildman–Crippen MR) is 79.3 cm³/mol. The lowest BCUT2D eigenvalue weighted by Crippen LogP contribution is -2.38. The highest BCUT2D eigenvalue weighted by Crippen LogP contribution is 2.29. The van der Waals surface area contributed by atoms with Crippen LogP contribution in [0.2, 0.25) is 10.0 Å². The SMILES string of the molecule is O=C1CCC(NC(=O)Nc2cccc(Cl)c2Cl)CCN1. The molecule has 20 heavy (non-hydrogen) atoms. The summed E-state index contributed by atoms with van der Waals surface area (Å²) in [5, 5.41) is 8.94. The van der Waals surface area contributed by atoms with Crippen LogP contribution in [-0.2, 0) is 4.79 Å². The topological polar surface area (TPSA) is 70.2 Å². The van der Waals surface area contributed by atoms with E-state index < -0.39 is 0 Å². The average Bonchev–Trinajstić information content (AvgIpc) is 2.60. The van der Waals surface area contributed by atoms with Gasteiger partial charge in [-0.2, -0.15) is 0 Å². The molecular formula is C13H15Cl2N3O2. The summed E-state index contributed by atoms with van der Waals surface area (Å²) in [5.41, 5.74) is 0.458. The molecule has 1 heterocycles. The Kier molecular flexibility index (Phi) is 5.09. The molecule has 1 fully saturated rings. The molecule has 1 aliphatic rings. The second-order valence-electron chi connectivity index (χ2n) is 4.57. The summed E-state index contributed by atoms with van der Waals surface area (Å²) < 4.78 is 0. The summed E-state index contributed by atoms with van der Waals surface area (Å²) in [6, 6.07) is 4.64. The van der Waals surface area contributed by atoms with Gasteiger partial charge in [-0.1, -0.05) is 29.3 Å². The van der Waals surface area contributed by atoms with Gasteiger partial charge in [0.05, 0.1) is 15.7 Å². The molecule has 0 aromatic heterocycles. The number of hydrogen-bond donors (Lipinski definition) is 3. The monoisotopic (exact) mass is 315 g/mol. The second-order valence-corrected chi connectivity index (χ2v) is 5.36. The van der Waals surface area contributed by atoms with E-state index in [0.29, 0.717) is 41.5 Å². The van der Waals surface area contributed by atoms with Crippen LogP contribution >= 0.6 is 23.2 Å². The molecule has 1 atom stereocenters. The Hall–Kier alpha value is -1.46. The van der Waals surface area contributed by atoms with Crippen molar-refractivity contribution in [2.24, 2.45) is 0 Å². The Morgan fingerprint density at radius 2 is 2.10 bits per heavy atom. The molecule has 0 aliphatic carbocycles. The lowest BCUT2D eigenvalue weighted by atomic mass is 10.1. The Labute approximate surface area is 127 Å². The van der Waals surface area contributed by atoms with Gasteiger partial charge in [-0.05, 0) is 25.0 Å². The number of benzene rings is 1. The highest BCUT2D eigenvalue weighted by Gasteiger charge is 2.18. The van der Waals surface area contributed by atoms with Crippen LogP contribution in [0.4, 0.5) is 10.5 Å². The normalized spacial score (nSPS) is 18.9. The number of amides is 3. The zero-order chi connectivity index (χ0) is 14.5. The molecule has 0 saturated carbocycles. The van der Waals surface area contributed by atoms with Crippen molar-refractivity contribution < 1.29 is 9.59 Å². The van der Waals surface area contributed by atoms with E-state index in [1.165, 1.54) is 0 Å². The molecule has 108 valence electrons. The molecule has 1 aromatic carbocycles. The van der Waals surface area contributed by atoms with E-state index >= 15 is 0 Å². The Morgan fingerprint density at radius 3 is 2.90 bits per heavy atom. The maximum absolute atomic E-state index is 11.9. The molecule has 1 unspecified atom stereocenters. The third-order valence-electron chi connectivity index (χ3n) is 3.07. The van der Waals surface area contributed by atoms with Gasteiger partial charge < -0.3 is 16.0 Å². The van der Waals surface area contributed by atoms with E-state index in [9.17, 15) is 9.59 Å². The maximum Gasteiger partial charge on any atom is 0.319 e. The summed E-state index contributed by atoms with van der Waals surface area (Å²) in [4.78, 5) is 23.1. The van der Waals surface area contributed by atoms with E-state index in [1.54, 1.807) is 18.2 Å². The third-order valence-corrected chi connectivity index (χ3v) is 3.89. The predicted octanol–water partition coefficient (Wildman–Crippen LogP) is 2.78. The number of carbonyl (C=O) groups is 2. The summed E-state index contributed by atoms with van der Waals surface area (Å²) in [6.07, 6.45) is 1.76. The van der Waals surface area contributed by atoms with Gasteiger partial charge in [-0.25, -0.2) is 4.79 Å². The molecule has 2 rings (SSSR count). The molecule has 1 aromatic rings. The fraction of sp³-hybridized carbons (Fsp3) is 0.385. The lowest BCUT2D eigenvalue weighted by Gasteiger charge is -2.16. The molecule has 0 radical (unpaired) electrons. The van der Waals surface area contributed by atoms with Gasteiger partial charge in [0, 0.05) is 19.0 Å². The second kappa shape index (κ2) is 6.81. The van der Waals surface area contributed by atoms with Crippen LogP contribution in [0.15, 0.2) is 18.2 Å². The first kappa shape index (κ1) is 14.9. The van der Waals surface area contributed by atoms with Gasteiger partial charge in [0.25, 0.3) is 0 Å². The van der Waals surface area contributed by atoms with Crippen molar-refractivity contribution in [3.63, 3.8) is 0 Å². The van der Waals surface area contributed by atoms with Crippen molar-refractivity contribution in [3.8, 4) is 0 Å². The molecule has 0 bridgehead atoms. The third kappa shape index (κ3) is 4.02. The highest BCUT2D eigenvalue weighted by atomic mass is 35.5. The maximum atomic E-state index is 11.9. The summed E-state index contributed by atoms with van der Waals surface area (Å²) in [5.74, 6) is 0.0209. The number of anilines is 1. The lowest BCUT2D eigenvalue weighted by molar-refractivity contribution is -0.120. The van der Waals surface area contributed by atoms with Crippen molar-refractivity contribution >= 4 is 40.8 Å². The van der Waals surface area contributed by atoms with Gasteiger partial charge in [0.2, 0.25) is 5.91 Å². The summed E-state index contributed by atoms with van der Waals surface area (Å²) in [7, 11) is 0. The van der Waals surface area contributed by atoms with E-state index in [4.69, 9.17) is 23.2 Å². The number of rotatable bonds is 2. The number of nitrogens with one attached hydrogen (secondary N) is 3. The average molecular weight is 316 g/mol. The first-order valence-corrected chi connectivity index (χ1v) is 7.10. The molecule has 1 aliphatic heterocycles. The smallest absolute Gasteiger partial charge is 0.319 e. The van der Waals surface area contributed by atoms with E-state index in [-0.39, 0.29) is 18.0 Å². The highest BCUT2D eigenvalue weighted by molar-refractivity contribution is 6.43. The minimum absolute atomic E-state index is 0.0209. The minimum Gasteiger partial charge on any atom is -0.356 e. The molecule has 3 N–H and O–H groups in total. The van der Waals surface area contributed by atoms with Crippen molar-refractivity contribution in [1.29, 1.82) is 0 Å². The van der Waals surface area contributed by atoms with Gasteiger partial charge >= 0.3 is 6.03 Å². The Bertz CT molecular complexity index is 522. The molecular weight excluding hydrogens is 301 g/mol. The molecule has 0 spiro atoms. The van der Waals surface area contributed by atoms with Crippen LogP contribution in [0.25, 0.3) is 0 Å². The Balaban J connectivity index is 1.92. The number of carbonyl (C=O) groups excluding carboxylic acids is 2. The van der Waals surface area contributed by atoms with Crippen molar-refractivity contribution in [3.05, 3.63) is 28.2 Å². The number of hydrogen-bond acceptors (Lipinski definition) is 2. The largest absolute Gasteiger partial charge is 0.356 e. The van der Waals surface area contributed by atoms with Crippen molar-refractivity contribution in [2.45, 2.75) is 25.3 Å². The van der Waals surface area contributed by atoms with Crippen LogP contribution < -0.4 is 16.0 Å². The number of urea groups is 1. The van der Waals surface area contributed by atoms with E-state index in [1.807, 2.05) is 0 Å². The Morgan fingerprint density at radius 1 is 1.30 bits per heavy atom. The molecule has 5 nitrogen and oxygen atoms in total. The zero-order valence-corrected chi connectivity index (χ0v) is 12.2. The molecule has 7 heteroatoms. The van der Waals surface area contributed by atoms with Crippen LogP contribution in [0.3, 0.4) is 0 Å². The fourth-order valence-electron chi connectivity index (χ4n) is 2.01. The fourth-order valence-corrected chi connectivity index (χ4v) is 2.36. The first-order valence-electron chi connectivity index (χ1n) is 6.34. The van der Waals surface area contributed by atoms with Crippen LogP contribution in [0.5, 0.6) is 0 Å². The van der Waals surface area contributed by atoms with Gasteiger partial charge in [0.15, 0.2) is 0 Å².